The van der Waals surface area contributed by atoms with Gasteiger partial charge in [0.15, 0.2) is 0 Å². The standard InChI is InChI=1S/C11H18N2O3/c1-5-8(11(15)16-4)10(14)9-6-13(3)12-7(9)2/h6,8,10,14H,5H2,1-4H3. The fourth-order valence-electron chi connectivity index (χ4n) is 1.80. The lowest BCUT2D eigenvalue weighted by atomic mass is 9.94. The summed E-state index contributed by atoms with van der Waals surface area (Å²) in [5.74, 6) is -0.925. The molecule has 0 aliphatic heterocycles. The van der Waals surface area contributed by atoms with Gasteiger partial charge in [-0.15, -0.1) is 0 Å². The van der Waals surface area contributed by atoms with Gasteiger partial charge in [-0.05, 0) is 13.3 Å². The molecule has 0 radical (unpaired) electrons. The minimum absolute atomic E-state index is 0.391. The van der Waals surface area contributed by atoms with Gasteiger partial charge < -0.3 is 9.84 Å². The van der Waals surface area contributed by atoms with Crippen LogP contribution in [0.3, 0.4) is 0 Å². The van der Waals surface area contributed by atoms with Gasteiger partial charge in [0.25, 0.3) is 0 Å². The van der Waals surface area contributed by atoms with E-state index in [1.54, 1.807) is 17.9 Å². The molecule has 0 aliphatic carbocycles. The summed E-state index contributed by atoms with van der Waals surface area (Å²) in [5.41, 5.74) is 1.41. The van der Waals surface area contributed by atoms with Crippen molar-refractivity contribution in [2.75, 3.05) is 7.11 Å². The number of esters is 1. The van der Waals surface area contributed by atoms with Gasteiger partial charge in [0.2, 0.25) is 0 Å². The van der Waals surface area contributed by atoms with Gasteiger partial charge >= 0.3 is 5.97 Å². The van der Waals surface area contributed by atoms with Crippen molar-refractivity contribution >= 4 is 5.97 Å². The van der Waals surface area contributed by atoms with Crippen LogP contribution < -0.4 is 0 Å². The number of carbonyl (C=O) groups is 1. The lowest BCUT2D eigenvalue weighted by molar-refractivity contribution is -0.149. The van der Waals surface area contributed by atoms with E-state index in [0.717, 1.165) is 5.69 Å². The molecule has 0 saturated carbocycles. The topological polar surface area (TPSA) is 64.3 Å². The number of rotatable bonds is 4. The van der Waals surface area contributed by atoms with Crippen LogP contribution in [0.5, 0.6) is 0 Å². The van der Waals surface area contributed by atoms with Crippen molar-refractivity contribution in [1.29, 1.82) is 0 Å². The van der Waals surface area contributed by atoms with E-state index in [4.69, 9.17) is 0 Å². The van der Waals surface area contributed by atoms with Gasteiger partial charge in [-0.25, -0.2) is 0 Å². The minimum atomic E-state index is -0.855. The maximum absolute atomic E-state index is 11.5. The maximum atomic E-state index is 11.5. The van der Waals surface area contributed by atoms with E-state index in [9.17, 15) is 9.90 Å². The first-order chi connectivity index (χ1) is 7.51. The van der Waals surface area contributed by atoms with Crippen LogP contribution in [0.15, 0.2) is 6.20 Å². The first kappa shape index (κ1) is 12.7. The lowest BCUT2D eigenvalue weighted by Gasteiger charge is -2.18. The Hall–Kier alpha value is -1.36. The van der Waals surface area contributed by atoms with E-state index in [1.807, 2.05) is 13.8 Å². The predicted molar refractivity (Wildman–Crippen MR) is 58.7 cm³/mol. The number of aliphatic hydroxyl groups is 1. The average molecular weight is 226 g/mol. The number of nitrogens with zero attached hydrogens (tertiary/aromatic N) is 2. The molecule has 1 heterocycles. The van der Waals surface area contributed by atoms with Gasteiger partial charge in [0.1, 0.15) is 0 Å². The number of hydrogen-bond donors (Lipinski definition) is 1. The Morgan fingerprint density at radius 1 is 1.69 bits per heavy atom. The number of carbonyl (C=O) groups excluding carboxylic acids is 1. The summed E-state index contributed by atoms with van der Waals surface area (Å²) in [6.07, 6.45) is 1.40. The monoisotopic (exact) mass is 226 g/mol. The molecular formula is C11H18N2O3. The van der Waals surface area contributed by atoms with E-state index in [2.05, 4.69) is 9.84 Å². The highest BCUT2D eigenvalue weighted by Gasteiger charge is 2.29. The molecule has 0 fully saturated rings. The Kier molecular flexibility index (Phi) is 4.06. The zero-order chi connectivity index (χ0) is 12.3. The highest BCUT2D eigenvalue weighted by Crippen LogP contribution is 2.27. The van der Waals surface area contributed by atoms with Gasteiger partial charge in [0.05, 0.1) is 24.8 Å². The molecule has 1 N–H and O–H groups in total. The average Bonchev–Trinajstić information content (AvgIpc) is 2.58. The molecule has 0 aliphatic rings. The van der Waals surface area contributed by atoms with Crippen molar-refractivity contribution < 1.29 is 14.6 Å². The SMILES string of the molecule is CCC(C(=O)OC)C(O)c1cn(C)nc1C. The summed E-state index contributed by atoms with van der Waals surface area (Å²) in [6, 6.07) is 0. The Balaban J connectivity index is 2.95. The molecule has 90 valence electrons. The number of methoxy groups -OCH3 is 1. The molecule has 0 bridgehead atoms. The normalized spacial score (nSPS) is 14.6. The molecular weight excluding hydrogens is 208 g/mol. The van der Waals surface area contributed by atoms with Gasteiger partial charge in [-0.1, -0.05) is 6.92 Å². The second kappa shape index (κ2) is 5.12. The number of aliphatic hydroxyl groups excluding tert-OH is 1. The Morgan fingerprint density at radius 3 is 2.69 bits per heavy atom. The summed E-state index contributed by atoms with van der Waals surface area (Å²) < 4.78 is 6.29. The molecule has 5 heteroatoms. The molecule has 1 rings (SSSR count). The molecule has 1 aromatic heterocycles. The van der Waals surface area contributed by atoms with Crippen LogP contribution in [0.2, 0.25) is 0 Å². The fourth-order valence-corrected chi connectivity index (χ4v) is 1.80. The highest BCUT2D eigenvalue weighted by atomic mass is 16.5. The molecule has 1 aromatic rings. The third-order valence-electron chi connectivity index (χ3n) is 2.69. The predicted octanol–water partition coefficient (Wildman–Crippen LogP) is 0.961. The molecule has 2 unspecified atom stereocenters. The van der Waals surface area contributed by atoms with Gasteiger partial charge in [-0.3, -0.25) is 9.48 Å². The van der Waals surface area contributed by atoms with Crippen LogP contribution in [-0.4, -0.2) is 28.0 Å². The van der Waals surface area contributed by atoms with E-state index >= 15 is 0 Å². The van der Waals surface area contributed by atoms with Crippen molar-refractivity contribution in [3.8, 4) is 0 Å². The lowest BCUT2D eigenvalue weighted by Crippen LogP contribution is -2.23. The molecule has 5 nitrogen and oxygen atoms in total. The van der Waals surface area contributed by atoms with E-state index in [1.165, 1.54) is 7.11 Å². The van der Waals surface area contributed by atoms with Crippen molar-refractivity contribution in [3.05, 3.63) is 17.5 Å². The van der Waals surface area contributed by atoms with Crippen LogP contribution in [0, 0.1) is 12.8 Å². The Bertz CT molecular complexity index is 373. The summed E-state index contributed by atoms with van der Waals surface area (Å²) in [4.78, 5) is 11.5. The van der Waals surface area contributed by atoms with Crippen LogP contribution >= 0.6 is 0 Å². The van der Waals surface area contributed by atoms with Crippen LogP contribution in [0.4, 0.5) is 0 Å². The summed E-state index contributed by atoms with van der Waals surface area (Å²) in [6.45, 7) is 3.65. The number of aryl methyl sites for hydroxylation is 2. The first-order valence-electron chi connectivity index (χ1n) is 5.27. The van der Waals surface area contributed by atoms with Crippen molar-refractivity contribution in [3.63, 3.8) is 0 Å². The summed E-state index contributed by atoms with van der Waals surface area (Å²) in [5, 5.41) is 14.3. The highest BCUT2D eigenvalue weighted by molar-refractivity contribution is 5.73. The third kappa shape index (κ3) is 2.41. The van der Waals surface area contributed by atoms with Crippen molar-refractivity contribution in [2.24, 2.45) is 13.0 Å². The Morgan fingerprint density at radius 2 is 2.31 bits per heavy atom. The zero-order valence-corrected chi connectivity index (χ0v) is 10.1. The maximum Gasteiger partial charge on any atom is 0.311 e. The Labute approximate surface area is 95.0 Å². The third-order valence-corrected chi connectivity index (χ3v) is 2.69. The number of hydrogen-bond acceptors (Lipinski definition) is 4. The van der Waals surface area contributed by atoms with E-state index in [-0.39, 0.29) is 0 Å². The molecule has 0 aromatic carbocycles. The van der Waals surface area contributed by atoms with E-state index < -0.39 is 18.0 Å². The summed E-state index contributed by atoms with van der Waals surface area (Å²) in [7, 11) is 3.11. The first-order valence-corrected chi connectivity index (χ1v) is 5.27. The van der Waals surface area contributed by atoms with Crippen molar-refractivity contribution in [1.82, 2.24) is 9.78 Å². The van der Waals surface area contributed by atoms with Crippen LogP contribution in [-0.2, 0) is 16.6 Å². The smallest absolute Gasteiger partial charge is 0.311 e. The second-order valence-electron chi connectivity index (χ2n) is 3.83. The zero-order valence-electron chi connectivity index (χ0n) is 10.1. The largest absolute Gasteiger partial charge is 0.469 e. The number of aromatic nitrogens is 2. The quantitative estimate of drug-likeness (QED) is 0.777. The van der Waals surface area contributed by atoms with Crippen LogP contribution in [0.1, 0.15) is 30.7 Å². The van der Waals surface area contributed by atoms with Gasteiger partial charge in [0, 0.05) is 18.8 Å². The molecule has 0 amide bonds. The van der Waals surface area contributed by atoms with Crippen molar-refractivity contribution in [2.45, 2.75) is 26.4 Å². The molecule has 0 saturated heterocycles. The number of ether oxygens (including phenoxy) is 1. The minimum Gasteiger partial charge on any atom is -0.469 e. The summed E-state index contributed by atoms with van der Waals surface area (Å²) >= 11 is 0. The molecule has 2 atom stereocenters. The molecule has 0 spiro atoms. The van der Waals surface area contributed by atoms with E-state index in [0.29, 0.717) is 12.0 Å². The van der Waals surface area contributed by atoms with Crippen LogP contribution in [0.25, 0.3) is 0 Å². The fraction of sp³-hybridized carbons (Fsp3) is 0.636. The molecule has 16 heavy (non-hydrogen) atoms. The second-order valence-corrected chi connectivity index (χ2v) is 3.83. The van der Waals surface area contributed by atoms with Gasteiger partial charge in [-0.2, -0.15) is 5.10 Å².